The summed E-state index contributed by atoms with van der Waals surface area (Å²) < 4.78 is 12.5. The second-order valence-corrected chi connectivity index (χ2v) is 16.1. The average molecular weight is 585 g/mol. The number of aliphatic hydroxyl groups is 2. The lowest BCUT2D eigenvalue weighted by molar-refractivity contribution is -0.199. The van der Waals surface area contributed by atoms with Crippen molar-refractivity contribution >= 4 is 5.97 Å². The summed E-state index contributed by atoms with van der Waals surface area (Å²) in [4.78, 5) is 13.2. The van der Waals surface area contributed by atoms with Crippen molar-refractivity contribution in [2.24, 2.45) is 50.7 Å². The van der Waals surface area contributed by atoms with E-state index in [4.69, 9.17) is 9.47 Å². The van der Waals surface area contributed by atoms with Crippen LogP contribution in [0.4, 0.5) is 0 Å². The highest BCUT2D eigenvalue weighted by atomic mass is 16.5. The van der Waals surface area contributed by atoms with E-state index < -0.39 is 0 Å². The molecule has 1 aromatic rings. The maximum absolute atomic E-state index is 13.2. The van der Waals surface area contributed by atoms with Gasteiger partial charge >= 0.3 is 5.97 Å². The normalized spacial score (nSPS) is 51.4. The topological polar surface area (TPSA) is 76.0 Å². The van der Waals surface area contributed by atoms with Crippen molar-refractivity contribution in [1.29, 1.82) is 0 Å². The number of hydrogen-bond acceptors (Lipinski definition) is 5. The number of aliphatic hydroxyl groups excluding tert-OH is 2. The van der Waals surface area contributed by atoms with Gasteiger partial charge in [-0.1, -0.05) is 74.9 Å². The fraction of sp³-hybridized carbons (Fsp3) is 0.658. The monoisotopic (exact) mass is 584 g/mol. The molecule has 5 aliphatic carbocycles. The van der Waals surface area contributed by atoms with Gasteiger partial charge in [0, 0.05) is 17.3 Å². The number of cyclic esters (lactones) is 1. The Bertz CT molecular complexity index is 1430. The van der Waals surface area contributed by atoms with Crippen molar-refractivity contribution in [1.82, 2.24) is 0 Å². The molecule has 2 N–H and O–H groups in total. The number of carbonyl (C=O) groups is 1. The smallest absolute Gasteiger partial charge is 0.309 e. The van der Waals surface area contributed by atoms with E-state index in [1.165, 1.54) is 11.1 Å². The molecule has 5 heteroatoms. The van der Waals surface area contributed by atoms with Crippen LogP contribution in [0.1, 0.15) is 84.3 Å². The van der Waals surface area contributed by atoms with Gasteiger partial charge < -0.3 is 19.7 Å². The summed E-state index contributed by atoms with van der Waals surface area (Å²) in [6.45, 7) is 9.90. The molecule has 0 spiro atoms. The summed E-state index contributed by atoms with van der Waals surface area (Å²) in [7, 11) is 0. The molecule has 0 unspecified atom stereocenters. The third-order valence-corrected chi connectivity index (χ3v) is 14.5. The van der Waals surface area contributed by atoms with Crippen molar-refractivity contribution in [3.8, 4) is 0 Å². The summed E-state index contributed by atoms with van der Waals surface area (Å²) in [6.07, 6.45) is 15.6. The molecule has 5 fully saturated rings. The number of hydrogen-bond donors (Lipinski definition) is 2. The van der Waals surface area contributed by atoms with E-state index in [9.17, 15) is 15.0 Å². The Labute approximate surface area is 256 Å². The molecule has 43 heavy (non-hydrogen) atoms. The van der Waals surface area contributed by atoms with Gasteiger partial charge in [-0.25, -0.2) is 0 Å². The lowest BCUT2D eigenvalue weighted by Crippen LogP contribution is -2.64. The molecule has 7 aliphatic rings. The second kappa shape index (κ2) is 9.17. The Morgan fingerprint density at radius 3 is 2.70 bits per heavy atom. The van der Waals surface area contributed by atoms with Crippen LogP contribution in [0, 0.1) is 50.7 Å². The predicted octanol–water partition coefficient (Wildman–Crippen LogP) is 6.72. The molecule has 2 heterocycles. The van der Waals surface area contributed by atoms with Crippen LogP contribution in [0.5, 0.6) is 0 Å². The Hall–Kier alpha value is -2.21. The summed E-state index contributed by atoms with van der Waals surface area (Å²) in [6, 6.07) is 10.6. The van der Waals surface area contributed by atoms with Crippen molar-refractivity contribution in [3.63, 3.8) is 0 Å². The van der Waals surface area contributed by atoms with E-state index in [0.717, 1.165) is 44.1 Å². The maximum atomic E-state index is 13.2. The number of ether oxygens (including phenoxy) is 2. The van der Waals surface area contributed by atoms with Gasteiger partial charge in [-0.3, -0.25) is 4.79 Å². The van der Waals surface area contributed by atoms with Crippen molar-refractivity contribution < 1.29 is 24.5 Å². The highest BCUT2D eigenvalue weighted by Gasteiger charge is 2.84. The minimum atomic E-state index is -0.386. The molecule has 0 bridgehead atoms. The first-order valence-electron chi connectivity index (χ1n) is 16.7. The third kappa shape index (κ3) is 3.48. The number of fused-ring (bicyclic) bond motifs is 5. The first-order valence-corrected chi connectivity index (χ1v) is 16.7. The zero-order valence-electron chi connectivity index (χ0n) is 26.2. The van der Waals surface area contributed by atoms with Crippen LogP contribution in [-0.4, -0.2) is 41.6 Å². The lowest BCUT2D eigenvalue weighted by atomic mass is 9.38. The van der Waals surface area contributed by atoms with Gasteiger partial charge in [0.05, 0.1) is 31.3 Å². The van der Waals surface area contributed by atoms with Crippen molar-refractivity contribution in [2.75, 3.05) is 13.2 Å². The van der Waals surface area contributed by atoms with Crippen molar-refractivity contribution in [3.05, 3.63) is 71.3 Å². The summed E-state index contributed by atoms with van der Waals surface area (Å²) in [5.74, 6) is 0.706. The van der Waals surface area contributed by atoms with Gasteiger partial charge in [0.15, 0.2) is 0 Å². The van der Waals surface area contributed by atoms with Crippen LogP contribution in [0.3, 0.4) is 0 Å². The van der Waals surface area contributed by atoms with Crippen LogP contribution in [0.2, 0.25) is 0 Å². The van der Waals surface area contributed by atoms with E-state index in [0.29, 0.717) is 18.9 Å². The first-order chi connectivity index (χ1) is 20.5. The molecule has 3 saturated carbocycles. The van der Waals surface area contributed by atoms with Crippen LogP contribution in [0.25, 0.3) is 0 Å². The average Bonchev–Trinajstić information content (AvgIpc) is 3.39. The minimum Gasteiger partial charge on any atom is -0.458 e. The Kier molecular flexibility index (Phi) is 6.03. The van der Waals surface area contributed by atoms with E-state index in [1.54, 1.807) is 0 Å². The molecule has 2 saturated heterocycles. The van der Waals surface area contributed by atoms with E-state index in [-0.39, 0.29) is 75.7 Å². The zero-order chi connectivity index (χ0) is 30.0. The SMILES string of the molecule is C/C(=C\[C@H]1C[C@@H]([C@@H]2CC[C@]34C[C@]23C=C[C@@H]2[C@@]3(C)CC=C5C[C@@H](c6ccccc6)OC[C@]5(C)[C@@H]3C[C@@H](O)[C@]24C)C(=O)O1)CO. The molecular formula is C38H48O5. The molecule has 12 atom stereocenters. The fourth-order valence-corrected chi connectivity index (χ4v) is 12.3. The highest BCUT2D eigenvalue weighted by Crippen LogP contribution is 2.89. The molecule has 0 amide bonds. The first kappa shape index (κ1) is 28.3. The lowest BCUT2D eigenvalue weighted by Gasteiger charge is -2.67. The molecule has 0 radical (unpaired) electrons. The number of carbonyl (C=O) groups excluding carboxylic acids is 1. The Morgan fingerprint density at radius 1 is 1.14 bits per heavy atom. The van der Waals surface area contributed by atoms with Crippen molar-refractivity contribution in [2.45, 2.75) is 91.0 Å². The van der Waals surface area contributed by atoms with E-state index in [2.05, 4.69) is 69.3 Å². The van der Waals surface area contributed by atoms with Gasteiger partial charge in [0.2, 0.25) is 0 Å². The Morgan fingerprint density at radius 2 is 1.93 bits per heavy atom. The second-order valence-electron chi connectivity index (χ2n) is 16.1. The maximum Gasteiger partial charge on any atom is 0.309 e. The molecule has 0 aromatic heterocycles. The molecule has 1 aromatic carbocycles. The summed E-state index contributed by atoms with van der Waals surface area (Å²) >= 11 is 0. The van der Waals surface area contributed by atoms with Gasteiger partial charge in [-0.2, -0.15) is 0 Å². The Balaban J connectivity index is 1.11. The van der Waals surface area contributed by atoms with Gasteiger partial charge in [0.25, 0.3) is 0 Å². The minimum absolute atomic E-state index is 0.00914. The summed E-state index contributed by atoms with van der Waals surface area (Å²) in [5, 5.41) is 21.8. The van der Waals surface area contributed by atoms with Crippen LogP contribution >= 0.6 is 0 Å². The van der Waals surface area contributed by atoms with Gasteiger partial charge in [-0.15, -0.1) is 0 Å². The number of rotatable bonds is 4. The van der Waals surface area contributed by atoms with Gasteiger partial charge in [-0.05, 0) is 96.7 Å². The van der Waals surface area contributed by atoms with E-state index in [1.807, 2.05) is 13.0 Å². The predicted molar refractivity (Wildman–Crippen MR) is 165 cm³/mol. The van der Waals surface area contributed by atoms with Gasteiger partial charge in [0.1, 0.15) is 6.10 Å². The van der Waals surface area contributed by atoms with E-state index >= 15 is 0 Å². The molecule has 5 nitrogen and oxygen atoms in total. The molecule has 8 rings (SSSR count). The highest BCUT2D eigenvalue weighted by molar-refractivity contribution is 5.76. The molecule has 2 aliphatic heterocycles. The summed E-state index contributed by atoms with van der Waals surface area (Å²) in [5.41, 5.74) is 3.38. The number of esters is 1. The number of benzene rings is 1. The third-order valence-electron chi connectivity index (χ3n) is 14.5. The molecule has 230 valence electrons. The zero-order valence-corrected chi connectivity index (χ0v) is 26.2. The molecular weight excluding hydrogens is 536 g/mol. The van der Waals surface area contributed by atoms with Crippen LogP contribution in [0.15, 0.2) is 65.8 Å². The standard InChI is InChI=1S/C38H48O5/c1-23(20-39)16-26-18-27(33(41)43-26)28-11-15-38-21-37(28,38)14-12-30-34(2)13-10-25-17-29(24-8-6-5-7-9-24)42-22-35(25,3)31(34)19-32(40)36(30,38)4/h5-10,12,14,16,26-32,39-40H,11,13,15,17-22H2,1-4H3/b23-16+/t26-,27-,28-,29-,30+,31+,32+,34+,35-,36-,37+,38+/m0/s1. The fourth-order valence-electron chi connectivity index (χ4n) is 12.3. The van der Waals surface area contributed by atoms with Crippen LogP contribution < -0.4 is 0 Å². The number of allylic oxidation sites excluding steroid dienone is 3. The quantitative estimate of drug-likeness (QED) is 0.304. The largest absolute Gasteiger partial charge is 0.458 e. The van der Waals surface area contributed by atoms with Crippen LogP contribution in [-0.2, 0) is 14.3 Å².